The van der Waals surface area contributed by atoms with Gasteiger partial charge in [0.2, 0.25) is 10.0 Å². The van der Waals surface area contributed by atoms with E-state index >= 15 is 0 Å². The van der Waals surface area contributed by atoms with Crippen molar-refractivity contribution in [3.05, 3.63) is 23.6 Å². The molecule has 14 heavy (non-hydrogen) atoms. The van der Waals surface area contributed by atoms with Gasteiger partial charge >= 0.3 is 0 Å². The van der Waals surface area contributed by atoms with Crippen LogP contribution in [0, 0.1) is 0 Å². The van der Waals surface area contributed by atoms with Crippen LogP contribution >= 0.6 is 11.3 Å². The number of sulfonamides is 1. The minimum absolute atomic E-state index is 0.0285. The van der Waals surface area contributed by atoms with Crippen molar-refractivity contribution in [3.8, 4) is 5.75 Å². The molecular weight excluding hydrogens is 222 g/mol. The molecule has 0 amide bonds. The van der Waals surface area contributed by atoms with Crippen molar-refractivity contribution < 1.29 is 13.5 Å². The molecule has 6 heteroatoms. The molecule has 4 nitrogen and oxygen atoms in total. The Kier molecular flexibility index (Phi) is 1.99. The number of aromatic hydroxyl groups is 1. The van der Waals surface area contributed by atoms with E-state index in [0.717, 1.165) is 16.7 Å². The average molecular weight is 229 g/mol. The van der Waals surface area contributed by atoms with Crippen LogP contribution in [0.25, 0.3) is 10.8 Å². The Morgan fingerprint density at radius 1 is 1.36 bits per heavy atom. The number of primary sulfonamides is 1. The molecule has 0 aliphatic rings. The summed E-state index contributed by atoms with van der Waals surface area (Å²) in [6.07, 6.45) is 0. The summed E-state index contributed by atoms with van der Waals surface area (Å²) in [7, 11) is -3.70. The van der Waals surface area contributed by atoms with Gasteiger partial charge in [0.1, 0.15) is 9.96 Å². The number of hydrogen-bond donors (Lipinski definition) is 2. The lowest BCUT2D eigenvalue weighted by Crippen LogP contribution is -2.10. The fourth-order valence-electron chi connectivity index (χ4n) is 1.22. The maximum Gasteiger partial charge on any atom is 0.248 e. The molecule has 1 heterocycles. The molecule has 2 rings (SSSR count). The number of phenolic OH excluding ortho intramolecular Hbond substituents is 1. The fourth-order valence-corrected chi connectivity index (χ4v) is 3.13. The Morgan fingerprint density at radius 3 is 2.71 bits per heavy atom. The van der Waals surface area contributed by atoms with Gasteiger partial charge in [-0.2, -0.15) is 0 Å². The van der Waals surface area contributed by atoms with Gasteiger partial charge in [-0.05, 0) is 29.0 Å². The third-order valence-corrected chi connectivity index (χ3v) is 4.34. The van der Waals surface area contributed by atoms with Gasteiger partial charge in [-0.1, -0.05) is 0 Å². The van der Waals surface area contributed by atoms with Crippen LogP contribution in [0.2, 0.25) is 0 Å². The third kappa shape index (κ3) is 1.47. The number of phenols is 1. The SMILES string of the molecule is NS(=O)(=O)c1scc2ccc(O)cc12. The van der Waals surface area contributed by atoms with Crippen LogP contribution in [-0.4, -0.2) is 13.5 Å². The first-order valence-corrected chi connectivity index (χ1v) is 6.14. The lowest BCUT2D eigenvalue weighted by molar-refractivity contribution is 0.476. The van der Waals surface area contributed by atoms with E-state index in [9.17, 15) is 13.5 Å². The summed E-state index contributed by atoms with van der Waals surface area (Å²) in [5.41, 5.74) is 0. The van der Waals surface area contributed by atoms with Crippen LogP contribution in [-0.2, 0) is 10.0 Å². The van der Waals surface area contributed by atoms with Gasteiger partial charge in [-0.25, -0.2) is 13.6 Å². The summed E-state index contributed by atoms with van der Waals surface area (Å²) in [5.74, 6) is 0.0285. The number of rotatable bonds is 1. The molecule has 1 aromatic heterocycles. The quantitative estimate of drug-likeness (QED) is 0.772. The highest BCUT2D eigenvalue weighted by atomic mass is 32.2. The number of nitrogens with two attached hydrogens (primary N) is 1. The third-order valence-electron chi connectivity index (χ3n) is 1.81. The van der Waals surface area contributed by atoms with Crippen LogP contribution in [0.15, 0.2) is 27.8 Å². The molecule has 0 aliphatic heterocycles. The van der Waals surface area contributed by atoms with Crippen molar-refractivity contribution in [3.63, 3.8) is 0 Å². The van der Waals surface area contributed by atoms with E-state index < -0.39 is 10.0 Å². The van der Waals surface area contributed by atoms with Gasteiger partial charge in [-0.15, -0.1) is 11.3 Å². The van der Waals surface area contributed by atoms with E-state index in [4.69, 9.17) is 5.14 Å². The zero-order chi connectivity index (χ0) is 10.3. The van der Waals surface area contributed by atoms with Crippen LogP contribution in [0.1, 0.15) is 0 Å². The largest absolute Gasteiger partial charge is 0.508 e. The van der Waals surface area contributed by atoms with Crippen molar-refractivity contribution in [1.82, 2.24) is 0 Å². The maximum absolute atomic E-state index is 11.1. The summed E-state index contributed by atoms with van der Waals surface area (Å²) < 4.78 is 22.3. The predicted molar refractivity (Wildman–Crippen MR) is 54.9 cm³/mol. The lowest BCUT2D eigenvalue weighted by atomic mass is 10.2. The van der Waals surface area contributed by atoms with Crippen LogP contribution < -0.4 is 5.14 Å². The van der Waals surface area contributed by atoms with E-state index in [1.807, 2.05) is 0 Å². The molecule has 2 aromatic rings. The summed E-state index contributed by atoms with van der Waals surface area (Å²) >= 11 is 1.05. The standard InChI is InChI=1S/C8H7NO3S2/c9-14(11,12)8-7-3-6(10)2-1-5(7)4-13-8/h1-4,10H,(H2,9,11,12). The van der Waals surface area contributed by atoms with Crippen molar-refractivity contribution in [2.24, 2.45) is 5.14 Å². The normalized spacial score (nSPS) is 12.1. The Labute approximate surface area is 84.6 Å². The molecular formula is C8H7NO3S2. The molecule has 0 unspecified atom stereocenters. The molecule has 1 aromatic carbocycles. The molecule has 0 atom stereocenters. The highest BCUT2D eigenvalue weighted by Crippen LogP contribution is 2.31. The Bertz CT molecular complexity index is 586. The van der Waals surface area contributed by atoms with Gasteiger partial charge < -0.3 is 5.11 Å². The molecule has 0 fully saturated rings. The second-order valence-corrected chi connectivity index (χ2v) is 5.48. The highest BCUT2D eigenvalue weighted by Gasteiger charge is 2.14. The van der Waals surface area contributed by atoms with Gasteiger partial charge in [0.05, 0.1) is 0 Å². The molecule has 0 spiro atoms. The molecule has 3 N–H and O–H groups in total. The lowest BCUT2D eigenvalue weighted by Gasteiger charge is -1.95. The summed E-state index contributed by atoms with van der Waals surface area (Å²) in [6, 6.07) is 4.55. The second kappa shape index (κ2) is 2.94. The van der Waals surface area contributed by atoms with E-state index in [-0.39, 0.29) is 9.96 Å². The van der Waals surface area contributed by atoms with E-state index in [0.29, 0.717) is 5.39 Å². The summed E-state index contributed by atoms with van der Waals surface area (Å²) in [5, 5.41) is 17.1. The second-order valence-electron chi connectivity index (χ2n) is 2.84. The molecule has 0 bridgehead atoms. The number of thiophene rings is 1. The van der Waals surface area contributed by atoms with Crippen molar-refractivity contribution in [2.45, 2.75) is 4.21 Å². The molecule has 0 saturated heterocycles. The topological polar surface area (TPSA) is 80.4 Å². The zero-order valence-corrected chi connectivity index (χ0v) is 8.60. The zero-order valence-electron chi connectivity index (χ0n) is 6.97. The van der Waals surface area contributed by atoms with Crippen LogP contribution in [0.5, 0.6) is 5.75 Å². The van der Waals surface area contributed by atoms with Gasteiger partial charge in [-0.3, -0.25) is 0 Å². The summed E-state index contributed by atoms with van der Waals surface area (Å²) in [4.78, 5) is 0. The minimum Gasteiger partial charge on any atom is -0.508 e. The van der Waals surface area contributed by atoms with E-state index in [2.05, 4.69) is 0 Å². The van der Waals surface area contributed by atoms with Crippen LogP contribution in [0.4, 0.5) is 0 Å². The fraction of sp³-hybridized carbons (Fsp3) is 0. The van der Waals surface area contributed by atoms with Crippen LogP contribution in [0.3, 0.4) is 0 Å². The summed E-state index contributed by atoms with van der Waals surface area (Å²) in [6.45, 7) is 0. The monoisotopic (exact) mass is 229 g/mol. The minimum atomic E-state index is -3.70. The van der Waals surface area contributed by atoms with Gasteiger partial charge in [0.15, 0.2) is 0 Å². The average Bonchev–Trinajstić information content (AvgIpc) is 2.45. The maximum atomic E-state index is 11.1. The first kappa shape index (κ1) is 9.45. The predicted octanol–water partition coefficient (Wildman–Crippen LogP) is 1.25. The number of hydrogen-bond acceptors (Lipinski definition) is 4. The smallest absolute Gasteiger partial charge is 0.248 e. The molecule has 0 saturated carbocycles. The molecule has 74 valence electrons. The Hall–Kier alpha value is -1.11. The van der Waals surface area contributed by atoms with Gasteiger partial charge in [0.25, 0.3) is 0 Å². The van der Waals surface area contributed by atoms with Crippen molar-refractivity contribution in [2.75, 3.05) is 0 Å². The van der Waals surface area contributed by atoms with Gasteiger partial charge in [0, 0.05) is 5.39 Å². The van der Waals surface area contributed by atoms with E-state index in [1.165, 1.54) is 12.1 Å². The number of fused-ring (bicyclic) bond motifs is 1. The first-order valence-electron chi connectivity index (χ1n) is 3.71. The molecule has 0 aliphatic carbocycles. The van der Waals surface area contributed by atoms with Crippen molar-refractivity contribution >= 4 is 32.1 Å². The molecule has 0 radical (unpaired) electrons. The Balaban J connectivity index is 2.87. The first-order chi connectivity index (χ1) is 6.48. The van der Waals surface area contributed by atoms with E-state index in [1.54, 1.807) is 11.4 Å². The Morgan fingerprint density at radius 2 is 2.07 bits per heavy atom. The van der Waals surface area contributed by atoms with Crippen molar-refractivity contribution in [1.29, 1.82) is 0 Å². The highest BCUT2D eigenvalue weighted by molar-refractivity contribution is 7.91. The number of benzene rings is 1.